The summed E-state index contributed by atoms with van der Waals surface area (Å²) in [5, 5.41) is 0. The van der Waals surface area contributed by atoms with Gasteiger partial charge >= 0.3 is 6.03 Å². The van der Waals surface area contributed by atoms with Crippen LogP contribution >= 0.6 is 22.9 Å². The molecule has 1 fully saturated rings. The molecule has 0 radical (unpaired) electrons. The molecule has 2 heterocycles. The number of nitrogens with zero attached hydrogens (tertiary/aromatic N) is 2. The van der Waals surface area contributed by atoms with Gasteiger partial charge < -0.3 is 9.80 Å². The summed E-state index contributed by atoms with van der Waals surface area (Å²) in [5.74, 6) is 0. The topological polar surface area (TPSA) is 23.6 Å². The number of carbonyl (C=O) groups is 1. The second kappa shape index (κ2) is 4.02. The molecule has 0 N–H and O–H groups in total. The summed E-state index contributed by atoms with van der Waals surface area (Å²) in [7, 11) is 1.84. The minimum atomic E-state index is 0.104. The third-order valence-electron chi connectivity index (χ3n) is 2.74. The van der Waals surface area contributed by atoms with Crippen LogP contribution in [0.15, 0.2) is 12.1 Å². The fourth-order valence-corrected chi connectivity index (χ4v) is 3.01. The number of rotatable bonds is 2. The molecule has 2 rings (SSSR count). The third-order valence-corrected chi connectivity index (χ3v) is 4.07. The van der Waals surface area contributed by atoms with Gasteiger partial charge in [-0.05, 0) is 19.1 Å². The first kappa shape index (κ1) is 10.8. The van der Waals surface area contributed by atoms with E-state index in [1.54, 1.807) is 16.2 Å². The summed E-state index contributed by atoms with van der Waals surface area (Å²) >= 11 is 7.44. The molecule has 0 bridgehead atoms. The van der Waals surface area contributed by atoms with Crippen molar-refractivity contribution >= 4 is 29.0 Å². The van der Waals surface area contributed by atoms with Crippen LogP contribution < -0.4 is 0 Å². The minimum Gasteiger partial charge on any atom is -0.322 e. The molecule has 1 saturated heterocycles. The second-order valence-corrected chi connectivity index (χ2v) is 5.34. The van der Waals surface area contributed by atoms with Crippen LogP contribution in [0, 0.1) is 0 Å². The van der Waals surface area contributed by atoms with Crippen molar-refractivity contribution in [2.45, 2.75) is 13.0 Å². The van der Waals surface area contributed by atoms with Crippen molar-refractivity contribution in [3.8, 4) is 0 Å². The van der Waals surface area contributed by atoms with Crippen molar-refractivity contribution in [3.63, 3.8) is 0 Å². The van der Waals surface area contributed by atoms with Crippen molar-refractivity contribution in [1.29, 1.82) is 0 Å². The molecule has 0 saturated carbocycles. The Morgan fingerprint density at radius 2 is 2.33 bits per heavy atom. The van der Waals surface area contributed by atoms with Crippen LogP contribution in [0.25, 0.3) is 0 Å². The van der Waals surface area contributed by atoms with Gasteiger partial charge in [-0.15, -0.1) is 11.3 Å². The first-order valence-electron chi connectivity index (χ1n) is 4.90. The molecule has 2 amide bonds. The molecular weight excluding hydrogens is 232 g/mol. The molecule has 1 aliphatic heterocycles. The molecule has 0 aromatic carbocycles. The van der Waals surface area contributed by atoms with Gasteiger partial charge in [-0.2, -0.15) is 0 Å². The Hall–Kier alpha value is -0.740. The largest absolute Gasteiger partial charge is 0.322 e. The molecule has 0 spiro atoms. The number of hydrogen-bond acceptors (Lipinski definition) is 2. The van der Waals surface area contributed by atoms with Gasteiger partial charge in [0, 0.05) is 25.0 Å². The number of carbonyl (C=O) groups excluding carboxylic acids is 1. The van der Waals surface area contributed by atoms with Crippen LogP contribution in [0.3, 0.4) is 0 Å². The van der Waals surface area contributed by atoms with Gasteiger partial charge in [-0.3, -0.25) is 0 Å². The van der Waals surface area contributed by atoms with Crippen molar-refractivity contribution < 1.29 is 4.79 Å². The molecule has 15 heavy (non-hydrogen) atoms. The molecule has 3 nitrogen and oxygen atoms in total. The number of halogens is 1. The van der Waals surface area contributed by atoms with Gasteiger partial charge in [-0.25, -0.2) is 4.79 Å². The summed E-state index contributed by atoms with van der Waals surface area (Å²) in [4.78, 5) is 16.5. The average molecular weight is 245 g/mol. The van der Waals surface area contributed by atoms with E-state index in [2.05, 4.69) is 0 Å². The summed E-state index contributed by atoms with van der Waals surface area (Å²) < 4.78 is 0.779. The Kier molecular flexibility index (Phi) is 2.89. The lowest BCUT2D eigenvalue weighted by atomic mass is 10.2. The van der Waals surface area contributed by atoms with Crippen LogP contribution in [0.5, 0.6) is 0 Å². The second-order valence-electron chi connectivity index (χ2n) is 3.59. The molecule has 1 atom stereocenters. The van der Waals surface area contributed by atoms with E-state index in [0.29, 0.717) is 0 Å². The first-order valence-corrected chi connectivity index (χ1v) is 6.10. The molecular formula is C10H13ClN2OS. The molecule has 5 heteroatoms. The Bertz CT molecular complexity index is 379. The van der Waals surface area contributed by atoms with E-state index in [1.165, 1.54) is 0 Å². The fraction of sp³-hybridized carbons (Fsp3) is 0.500. The Morgan fingerprint density at radius 3 is 2.80 bits per heavy atom. The number of hydrogen-bond donors (Lipinski definition) is 0. The molecule has 1 aromatic heterocycles. The number of amides is 2. The molecule has 0 aliphatic carbocycles. The highest BCUT2D eigenvalue weighted by Gasteiger charge is 2.35. The molecule has 82 valence electrons. The highest BCUT2D eigenvalue weighted by atomic mass is 35.5. The van der Waals surface area contributed by atoms with E-state index in [0.717, 1.165) is 22.3 Å². The lowest BCUT2D eigenvalue weighted by molar-refractivity contribution is 0.197. The zero-order valence-electron chi connectivity index (χ0n) is 8.74. The minimum absolute atomic E-state index is 0.104. The van der Waals surface area contributed by atoms with E-state index in [1.807, 2.05) is 31.0 Å². The van der Waals surface area contributed by atoms with Crippen LogP contribution in [0.4, 0.5) is 4.79 Å². The first-order chi connectivity index (χ1) is 7.13. The van der Waals surface area contributed by atoms with Crippen LogP contribution in [0.1, 0.15) is 17.8 Å². The van der Waals surface area contributed by atoms with Crippen molar-refractivity contribution in [1.82, 2.24) is 9.80 Å². The number of likely N-dealkylation sites (N-methyl/N-ethyl adjacent to an activating group) is 2. The zero-order chi connectivity index (χ0) is 11.0. The quantitative estimate of drug-likeness (QED) is 0.785. The summed E-state index contributed by atoms with van der Waals surface area (Å²) in [6, 6.07) is 4.15. The average Bonchev–Trinajstić information content (AvgIpc) is 2.74. The maximum Gasteiger partial charge on any atom is 0.320 e. The number of urea groups is 1. The smallest absolute Gasteiger partial charge is 0.320 e. The van der Waals surface area contributed by atoms with Gasteiger partial charge in [0.15, 0.2) is 0 Å². The summed E-state index contributed by atoms with van der Waals surface area (Å²) in [6.07, 6.45) is 0. The maximum absolute atomic E-state index is 11.8. The maximum atomic E-state index is 11.8. The van der Waals surface area contributed by atoms with Gasteiger partial charge in [0.2, 0.25) is 0 Å². The molecule has 1 unspecified atom stereocenters. The van der Waals surface area contributed by atoms with Crippen molar-refractivity contribution in [2.75, 3.05) is 20.1 Å². The lowest BCUT2D eigenvalue weighted by Gasteiger charge is -2.15. The third kappa shape index (κ3) is 1.84. The predicted octanol–water partition coefficient (Wildman–Crippen LogP) is 2.83. The normalized spacial score (nSPS) is 21.5. The van der Waals surface area contributed by atoms with Crippen LogP contribution in [-0.2, 0) is 0 Å². The Morgan fingerprint density at radius 1 is 1.60 bits per heavy atom. The van der Waals surface area contributed by atoms with Crippen LogP contribution in [-0.4, -0.2) is 36.0 Å². The van der Waals surface area contributed by atoms with E-state index in [-0.39, 0.29) is 12.1 Å². The van der Waals surface area contributed by atoms with E-state index in [9.17, 15) is 4.79 Å². The van der Waals surface area contributed by atoms with E-state index >= 15 is 0 Å². The van der Waals surface area contributed by atoms with Gasteiger partial charge in [-0.1, -0.05) is 11.6 Å². The van der Waals surface area contributed by atoms with Crippen molar-refractivity contribution in [2.24, 2.45) is 0 Å². The fourth-order valence-electron chi connectivity index (χ4n) is 1.82. The van der Waals surface area contributed by atoms with E-state index in [4.69, 9.17) is 11.6 Å². The Labute approximate surface area is 98.2 Å². The molecule has 1 aliphatic rings. The summed E-state index contributed by atoms with van der Waals surface area (Å²) in [5.41, 5.74) is 0. The highest BCUT2D eigenvalue weighted by molar-refractivity contribution is 7.16. The van der Waals surface area contributed by atoms with Gasteiger partial charge in [0.05, 0.1) is 10.4 Å². The zero-order valence-corrected chi connectivity index (χ0v) is 10.3. The Balaban J connectivity index is 2.21. The lowest BCUT2D eigenvalue weighted by Crippen LogP contribution is -2.29. The highest BCUT2D eigenvalue weighted by Crippen LogP contribution is 2.34. The monoisotopic (exact) mass is 244 g/mol. The standard InChI is InChI=1S/C10H13ClN2OS/c1-3-13-6-7(12(2)10(13)14)8-4-5-9(11)15-8/h4-5,7H,3,6H2,1-2H3. The summed E-state index contributed by atoms with van der Waals surface area (Å²) in [6.45, 7) is 3.52. The van der Waals surface area contributed by atoms with Crippen molar-refractivity contribution in [3.05, 3.63) is 21.3 Å². The van der Waals surface area contributed by atoms with Gasteiger partial charge in [0.25, 0.3) is 0 Å². The van der Waals surface area contributed by atoms with Gasteiger partial charge in [0.1, 0.15) is 0 Å². The van der Waals surface area contributed by atoms with E-state index < -0.39 is 0 Å². The number of thiophene rings is 1. The SMILES string of the molecule is CCN1CC(c2ccc(Cl)s2)N(C)C1=O. The predicted molar refractivity (Wildman–Crippen MR) is 62.5 cm³/mol. The van der Waals surface area contributed by atoms with Crippen LogP contribution in [0.2, 0.25) is 4.34 Å². The molecule has 1 aromatic rings.